The topological polar surface area (TPSA) is 38.9 Å². The number of pyridine rings is 1. The largest absolute Gasteiger partial charge is 0.327 e. The summed E-state index contributed by atoms with van der Waals surface area (Å²) in [7, 11) is 0. The van der Waals surface area contributed by atoms with Crippen LogP contribution in [0, 0.1) is 0 Å². The zero-order valence-corrected chi connectivity index (χ0v) is 7.70. The fourth-order valence-electron chi connectivity index (χ4n) is 1.45. The Hall–Kier alpha value is -0.890. The highest BCUT2D eigenvalue weighted by molar-refractivity contribution is 5.11. The average molecular weight is 164 g/mol. The second-order valence-corrected chi connectivity index (χ2v) is 3.13. The molecule has 0 radical (unpaired) electrons. The van der Waals surface area contributed by atoms with Gasteiger partial charge in [-0.3, -0.25) is 4.98 Å². The van der Waals surface area contributed by atoms with Gasteiger partial charge in [-0.2, -0.15) is 0 Å². The molecule has 0 bridgehead atoms. The van der Waals surface area contributed by atoms with Crippen molar-refractivity contribution >= 4 is 0 Å². The molecule has 12 heavy (non-hydrogen) atoms. The minimum absolute atomic E-state index is 0.185. The summed E-state index contributed by atoms with van der Waals surface area (Å²) in [5.74, 6) is 0.395. The van der Waals surface area contributed by atoms with Crippen molar-refractivity contribution < 1.29 is 0 Å². The van der Waals surface area contributed by atoms with E-state index in [0.29, 0.717) is 5.92 Å². The van der Waals surface area contributed by atoms with Crippen molar-refractivity contribution in [2.24, 2.45) is 5.73 Å². The van der Waals surface area contributed by atoms with E-state index >= 15 is 0 Å². The SMILES string of the molecule is CCC(c1ccccn1)C(C)N. The molecule has 1 aromatic heterocycles. The summed E-state index contributed by atoms with van der Waals surface area (Å²) in [6, 6.07) is 6.16. The first-order valence-corrected chi connectivity index (χ1v) is 4.42. The lowest BCUT2D eigenvalue weighted by atomic mass is 9.95. The van der Waals surface area contributed by atoms with Gasteiger partial charge in [-0.1, -0.05) is 13.0 Å². The highest BCUT2D eigenvalue weighted by atomic mass is 14.7. The van der Waals surface area contributed by atoms with Crippen LogP contribution in [0.15, 0.2) is 24.4 Å². The number of nitrogens with zero attached hydrogens (tertiary/aromatic N) is 1. The van der Waals surface area contributed by atoms with Crippen LogP contribution in [0.5, 0.6) is 0 Å². The van der Waals surface area contributed by atoms with Crippen LogP contribution in [-0.4, -0.2) is 11.0 Å². The van der Waals surface area contributed by atoms with Crippen molar-refractivity contribution in [2.45, 2.75) is 32.2 Å². The van der Waals surface area contributed by atoms with Gasteiger partial charge < -0.3 is 5.73 Å². The molecule has 0 aliphatic rings. The maximum absolute atomic E-state index is 5.84. The van der Waals surface area contributed by atoms with E-state index in [-0.39, 0.29) is 6.04 Å². The number of aromatic nitrogens is 1. The van der Waals surface area contributed by atoms with Crippen LogP contribution in [0.2, 0.25) is 0 Å². The van der Waals surface area contributed by atoms with Crippen molar-refractivity contribution in [2.75, 3.05) is 0 Å². The third-order valence-electron chi connectivity index (χ3n) is 2.14. The molecule has 1 aromatic rings. The summed E-state index contributed by atoms with van der Waals surface area (Å²) in [6.07, 6.45) is 2.87. The molecule has 0 spiro atoms. The van der Waals surface area contributed by atoms with Gasteiger partial charge in [0.2, 0.25) is 0 Å². The Morgan fingerprint density at radius 2 is 2.25 bits per heavy atom. The van der Waals surface area contributed by atoms with E-state index in [4.69, 9.17) is 5.73 Å². The maximum atomic E-state index is 5.84. The Kier molecular flexibility index (Phi) is 3.23. The highest BCUT2D eigenvalue weighted by Crippen LogP contribution is 2.19. The van der Waals surface area contributed by atoms with Gasteiger partial charge in [0.15, 0.2) is 0 Å². The number of hydrogen-bond acceptors (Lipinski definition) is 2. The molecule has 0 aromatic carbocycles. The van der Waals surface area contributed by atoms with Crippen molar-refractivity contribution in [3.8, 4) is 0 Å². The first kappa shape index (κ1) is 9.20. The summed E-state index contributed by atoms with van der Waals surface area (Å²) >= 11 is 0. The maximum Gasteiger partial charge on any atom is 0.0449 e. The van der Waals surface area contributed by atoms with E-state index in [0.717, 1.165) is 12.1 Å². The Labute approximate surface area is 73.8 Å². The third kappa shape index (κ3) is 2.05. The lowest BCUT2D eigenvalue weighted by molar-refractivity contribution is 0.540. The van der Waals surface area contributed by atoms with Crippen LogP contribution in [0.4, 0.5) is 0 Å². The minimum Gasteiger partial charge on any atom is -0.327 e. The molecule has 0 amide bonds. The number of rotatable bonds is 3. The predicted octanol–water partition coefficient (Wildman–Crippen LogP) is 1.92. The lowest BCUT2D eigenvalue weighted by Crippen LogP contribution is -2.24. The van der Waals surface area contributed by atoms with Crippen molar-refractivity contribution in [3.05, 3.63) is 30.1 Å². The second-order valence-electron chi connectivity index (χ2n) is 3.13. The van der Waals surface area contributed by atoms with Gasteiger partial charge in [-0.05, 0) is 25.5 Å². The Morgan fingerprint density at radius 1 is 1.50 bits per heavy atom. The highest BCUT2D eigenvalue weighted by Gasteiger charge is 2.14. The molecule has 1 rings (SSSR count). The zero-order valence-electron chi connectivity index (χ0n) is 7.70. The summed E-state index contributed by atoms with van der Waals surface area (Å²) in [5, 5.41) is 0. The average Bonchev–Trinajstić information content (AvgIpc) is 2.07. The van der Waals surface area contributed by atoms with E-state index in [1.807, 2.05) is 31.3 Å². The molecule has 2 N–H and O–H groups in total. The van der Waals surface area contributed by atoms with E-state index < -0.39 is 0 Å². The van der Waals surface area contributed by atoms with Crippen LogP contribution < -0.4 is 5.73 Å². The Balaban J connectivity index is 2.80. The van der Waals surface area contributed by atoms with Crippen LogP contribution >= 0.6 is 0 Å². The molecule has 0 aliphatic carbocycles. The van der Waals surface area contributed by atoms with Crippen molar-refractivity contribution in [3.63, 3.8) is 0 Å². The van der Waals surface area contributed by atoms with E-state index in [1.165, 1.54) is 0 Å². The molecule has 2 unspecified atom stereocenters. The van der Waals surface area contributed by atoms with Gasteiger partial charge in [-0.25, -0.2) is 0 Å². The minimum atomic E-state index is 0.185. The fraction of sp³-hybridized carbons (Fsp3) is 0.500. The standard InChI is InChI=1S/C10H16N2/c1-3-9(8(2)11)10-6-4-5-7-12-10/h4-9H,3,11H2,1-2H3. The molecule has 2 atom stereocenters. The van der Waals surface area contributed by atoms with Gasteiger partial charge in [0.25, 0.3) is 0 Å². The Bertz CT molecular complexity index is 219. The fourth-order valence-corrected chi connectivity index (χ4v) is 1.45. The quantitative estimate of drug-likeness (QED) is 0.741. The summed E-state index contributed by atoms with van der Waals surface area (Å²) in [5.41, 5.74) is 6.95. The summed E-state index contributed by atoms with van der Waals surface area (Å²) in [6.45, 7) is 4.17. The third-order valence-corrected chi connectivity index (χ3v) is 2.14. The van der Waals surface area contributed by atoms with Crippen molar-refractivity contribution in [1.82, 2.24) is 4.98 Å². The molecule has 0 fully saturated rings. The van der Waals surface area contributed by atoms with Crippen LogP contribution in [0.25, 0.3) is 0 Å². The van der Waals surface area contributed by atoms with Gasteiger partial charge in [0, 0.05) is 23.9 Å². The van der Waals surface area contributed by atoms with Gasteiger partial charge in [-0.15, -0.1) is 0 Å². The second kappa shape index (κ2) is 4.21. The van der Waals surface area contributed by atoms with Gasteiger partial charge >= 0.3 is 0 Å². The normalized spacial score (nSPS) is 15.6. The summed E-state index contributed by atoms with van der Waals surface area (Å²) < 4.78 is 0. The van der Waals surface area contributed by atoms with Crippen LogP contribution in [-0.2, 0) is 0 Å². The van der Waals surface area contributed by atoms with Gasteiger partial charge in [0.1, 0.15) is 0 Å². The molecular formula is C10H16N2. The molecule has 0 saturated carbocycles. The van der Waals surface area contributed by atoms with Crippen molar-refractivity contribution in [1.29, 1.82) is 0 Å². The Morgan fingerprint density at radius 3 is 2.67 bits per heavy atom. The molecular weight excluding hydrogens is 148 g/mol. The van der Waals surface area contributed by atoms with Gasteiger partial charge in [0.05, 0.1) is 0 Å². The first-order valence-electron chi connectivity index (χ1n) is 4.42. The summed E-state index contributed by atoms with van der Waals surface area (Å²) in [4.78, 5) is 4.29. The lowest BCUT2D eigenvalue weighted by Gasteiger charge is -2.17. The number of nitrogens with two attached hydrogens (primary N) is 1. The predicted molar refractivity (Wildman–Crippen MR) is 50.9 cm³/mol. The zero-order chi connectivity index (χ0) is 8.97. The monoisotopic (exact) mass is 164 g/mol. The van der Waals surface area contributed by atoms with E-state index in [1.54, 1.807) is 0 Å². The van der Waals surface area contributed by atoms with E-state index in [9.17, 15) is 0 Å². The molecule has 66 valence electrons. The molecule has 0 aliphatic heterocycles. The molecule has 1 heterocycles. The number of hydrogen-bond donors (Lipinski definition) is 1. The molecule has 2 heteroatoms. The van der Waals surface area contributed by atoms with E-state index in [2.05, 4.69) is 11.9 Å². The smallest absolute Gasteiger partial charge is 0.0449 e. The van der Waals surface area contributed by atoms with Crippen LogP contribution in [0.3, 0.4) is 0 Å². The molecule has 0 saturated heterocycles. The van der Waals surface area contributed by atoms with Crippen LogP contribution in [0.1, 0.15) is 31.9 Å². The first-order chi connectivity index (χ1) is 5.75. The molecule has 2 nitrogen and oxygen atoms in total.